The molecule has 0 amide bonds. The molecule has 19 heavy (non-hydrogen) atoms. The summed E-state index contributed by atoms with van der Waals surface area (Å²) in [4.78, 5) is 21.7. The number of carbonyl (C=O) groups is 1. The number of hydrogen-bond acceptors (Lipinski definition) is 5. The number of aldehydes is 1. The molecule has 0 N–H and O–H groups in total. The molecule has 5 nitrogen and oxygen atoms in total. The highest BCUT2D eigenvalue weighted by atomic mass is 32.1. The van der Waals surface area contributed by atoms with Crippen molar-refractivity contribution in [3.63, 3.8) is 0 Å². The summed E-state index contributed by atoms with van der Waals surface area (Å²) in [6.07, 6.45) is 0.716. The highest BCUT2D eigenvalue weighted by Crippen LogP contribution is 2.37. The van der Waals surface area contributed by atoms with Gasteiger partial charge in [0, 0.05) is 6.07 Å². The quantitative estimate of drug-likeness (QED) is 0.483. The van der Waals surface area contributed by atoms with Crippen LogP contribution in [0.5, 0.6) is 10.8 Å². The van der Waals surface area contributed by atoms with Gasteiger partial charge in [0.25, 0.3) is 0 Å². The van der Waals surface area contributed by atoms with E-state index in [9.17, 15) is 14.9 Å². The maximum Gasteiger partial charge on any atom is 0.312 e. The van der Waals surface area contributed by atoms with Crippen molar-refractivity contribution in [1.29, 1.82) is 0 Å². The molecule has 0 fully saturated rings. The maximum absolute atomic E-state index is 11.1. The highest BCUT2D eigenvalue weighted by Gasteiger charge is 2.19. The van der Waals surface area contributed by atoms with Crippen molar-refractivity contribution >= 4 is 23.3 Å². The first-order chi connectivity index (χ1) is 9.01. The summed E-state index contributed by atoms with van der Waals surface area (Å²) in [7, 11) is 0. The number of nitrogens with zero attached hydrogens (tertiary/aromatic N) is 1. The van der Waals surface area contributed by atoms with Gasteiger partial charge in [-0.05, 0) is 37.1 Å². The molecule has 1 heterocycles. The fraction of sp³-hybridized carbons (Fsp3) is 0.154. The van der Waals surface area contributed by atoms with Crippen LogP contribution in [0, 0.1) is 24.0 Å². The zero-order chi connectivity index (χ0) is 14.0. The van der Waals surface area contributed by atoms with Crippen molar-refractivity contribution in [3.8, 4) is 10.8 Å². The lowest BCUT2D eigenvalue weighted by Crippen LogP contribution is -1.96. The minimum absolute atomic E-state index is 0.0708. The zero-order valence-electron chi connectivity index (χ0n) is 10.4. The number of nitro groups is 1. The topological polar surface area (TPSA) is 69.4 Å². The minimum atomic E-state index is -0.469. The molecule has 0 atom stereocenters. The molecule has 2 aromatic rings. The molecule has 98 valence electrons. The number of thiophene rings is 1. The predicted octanol–water partition coefficient (Wildman–Crippen LogP) is 3.88. The molecule has 0 aliphatic rings. The number of ether oxygens (including phenoxy) is 1. The van der Waals surface area contributed by atoms with Gasteiger partial charge >= 0.3 is 5.69 Å². The molecule has 6 heteroatoms. The minimum Gasteiger partial charge on any atom is -0.439 e. The van der Waals surface area contributed by atoms with Crippen LogP contribution in [0.3, 0.4) is 0 Å². The summed E-state index contributed by atoms with van der Waals surface area (Å²) in [5.41, 5.74) is 1.42. The lowest BCUT2D eigenvalue weighted by atomic mass is 10.1. The first-order valence-electron chi connectivity index (χ1n) is 5.50. The molecule has 1 aromatic heterocycles. The lowest BCUT2D eigenvalue weighted by molar-refractivity contribution is -0.385. The van der Waals surface area contributed by atoms with E-state index in [1.807, 2.05) is 6.07 Å². The van der Waals surface area contributed by atoms with E-state index in [2.05, 4.69) is 0 Å². The number of benzene rings is 1. The van der Waals surface area contributed by atoms with Gasteiger partial charge in [-0.25, -0.2) is 0 Å². The molecule has 0 saturated heterocycles. The van der Waals surface area contributed by atoms with Crippen LogP contribution in [-0.4, -0.2) is 11.2 Å². The van der Waals surface area contributed by atoms with Crippen LogP contribution < -0.4 is 4.74 Å². The maximum atomic E-state index is 11.1. The van der Waals surface area contributed by atoms with E-state index >= 15 is 0 Å². The molecule has 0 aliphatic heterocycles. The molecule has 0 bridgehead atoms. The summed E-state index contributed by atoms with van der Waals surface area (Å²) < 4.78 is 5.56. The second-order valence-electron chi connectivity index (χ2n) is 4.06. The molecule has 0 saturated carbocycles. The van der Waals surface area contributed by atoms with Gasteiger partial charge in [-0.3, -0.25) is 14.9 Å². The molecule has 0 aliphatic carbocycles. The van der Waals surface area contributed by atoms with Crippen LogP contribution >= 0.6 is 11.3 Å². The molecule has 1 aromatic carbocycles. The molecule has 0 unspecified atom stereocenters. The number of rotatable bonds is 4. The molecular weight excluding hydrogens is 266 g/mol. The average molecular weight is 277 g/mol. The second-order valence-corrected chi connectivity index (χ2v) is 5.14. The van der Waals surface area contributed by atoms with Crippen LogP contribution in [0.1, 0.15) is 20.8 Å². The SMILES string of the molecule is Cc1cc(C)c(Oc2ccc(C=O)s2)c([N+](=O)[O-])c1. The van der Waals surface area contributed by atoms with Gasteiger partial charge in [0.15, 0.2) is 11.3 Å². The van der Waals surface area contributed by atoms with E-state index in [1.165, 1.54) is 6.07 Å². The van der Waals surface area contributed by atoms with Crippen LogP contribution in [0.4, 0.5) is 5.69 Å². The first-order valence-corrected chi connectivity index (χ1v) is 6.31. The Morgan fingerprint density at radius 2 is 2.05 bits per heavy atom. The Bertz CT molecular complexity index is 648. The summed E-state index contributed by atoms with van der Waals surface area (Å²) in [5, 5.41) is 11.5. The normalized spacial score (nSPS) is 10.2. The fourth-order valence-electron chi connectivity index (χ4n) is 1.75. The van der Waals surface area contributed by atoms with E-state index in [4.69, 9.17) is 4.74 Å². The molecule has 0 spiro atoms. The Labute approximate surface area is 113 Å². The Balaban J connectivity index is 2.43. The second kappa shape index (κ2) is 5.19. The van der Waals surface area contributed by atoms with Crippen LogP contribution in [0.25, 0.3) is 0 Å². The van der Waals surface area contributed by atoms with Gasteiger partial charge in [0.1, 0.15) is 0 Å². The standard InChI is InChI=1S/C13H11NO4S/c1-8-5-9(2)13(11(6-8)14(16)17)18-12-4-3-10(7-15)19-12/h3-7H,1-2H3. The third kappa shape index (κ3) is 2.79. The summed E-state index contributed by atoms with van der Waals surface area (Å²) >= 11 is 1.15. The largest absolute Gasteiger partial charge is 0.439 e. The number of nitro benzene ring substituents is 1. The zero-order valence-corrected chi connectivity index (χ0v) is 11.2. The Kier molecular flexibility index (Phi) is 3.62. The van der Waals surface area contributed by atoms with Crippen LogP contribution in [0.2, 0.25) is 0 Å². The van der Waals surface area contributed by atoms with Gasteiger partial charge in [-0.1, -0.05) is 17.4 Å². The van der Waals surface area contributed by atoms with Gasteiger partial charge in [0.2, 0.25) is 5.75 Å². The van der Waals surface area contributed by atoms with Crippen molar-refractivity contribution in [2.24, 2.45) is 0 Å². The van der Waals surface area contributed by atoms with Gasteiger partial charge in [-0.15, -0.1) is 0 Å². The van der Waals surface area contributed by atoms with Gasteiger partial charge < -0.3 is 4.74 Å². The Morgan fingerprint density at radius 3 is 2.63 bits per heavy atom. The van der Waals surface area contributed by atoms with Crippen molar-refractivity contribution in [2.45, 2.75) is 13.8 Å². The monoisotopic (exact) mass is 277 g/mol. The van der Waals surface area contributed by atoms with Crippen molar-refractivity contribution in [2.75, 3.05) is 0 Å². The number of hydrogen-bond donors (Lipinski definition) is 0. The average Bonchev–Trinajstić information content (AvgIpc) is 2.79. The summed E-state index contributed by atoms with van der Waals surface area (Å²) in [6, 6.07) is 6.52. The van der Waals surface area contributed by atoms with Gasteiger partial charge in [-0.2, -0.15) is 0 Å². The third-order valence-corrected chi connectivity index (χ3v) is 3.41. The lowest BCUT2D eigenvalue weighted by Gasteiger charge is -2.08. The summed E-state index contributed by atoms with van der Waals surface area (Å²) in [6.45, 7) is 3.54. The fourth-order valence-corrected chi connectivity index (χ4v) is 2.43. The van der Waals surface area contributed by atoms with E-state index < -0.39 is 4.92 Å². The summed E-state index contributed by atoms with van der Waals surface area (Å²) in [5.74, 6) is 0.217. The molecule has 0 radical (unpaired) electrons. The van der Waals surface area contributed by atoms with E-state index in [0.29, 0.717) is 21.8 Å². The number of aryl methyl sites for hydroxylation is 2. The van der Waals surface area contributed by atoms with Crippen LogP contribution in [0.15, 0.2) is 24.3 Å². The smallest absolute Gasteiger partial charge is 0.312 e. The number of carbonyl (C=O) groups excluding carboxylic acids is 1. The Hall–Kier alpha value is -2.21. The van der Waals surface area contributed by atoms with Crippen molar-refractivity contribution in [1.82, 2.24) is 0 Å². The van der Waals surface area contributed by atoms with Crippen molar-refractivity contribution < 1.29 is 14.5 Å². The third-order valence-electron chi connectivity index (χ3n) is 2.52. The van der Waals surface area contributed by atoms with E-state index in [1.54, 1.807) is 26.0 Å². The highest BCUT2D eigenvalue weighted by molar-refractivity contribution is 7.15. The van der Waals surface area contributed by atoms with E-state index in [0.717, 1.165) is 16.9 Å². The van der Waals surface area contributed by atoms with Crippen LogP contribution in [-0.2, 0) is 0 Å². The van der Waals surface area contributed by atoms with Crippen molar-refractivity contribution in [3.05, 3.63) is 50.4 Å². The van der Waals surface area contributed by atoms with E-state index in [-0.39, 0.29) is 11.4 Å². The first kappa shape index (κ1) is 13.2. The predicted molar refractivity (Wildman–Crippen MR) is 72.4 cm³/mol. The Morgan fingerprint density at radius 1 is 1.32 bits per heavy atom. The van der Waals surface area contributed by atoms with Gasteiger partial charge in [0.05, 0.1) is 9.80 Å². The molecular formula is C13H11NO4S. The molecule has 2 rings (SSSR count).